The van der Waals surface area contributed by atoms with Crippen molar-refractivity contribution in [3.63, 3.8) is 0 Å². The lowest BCUT2D eigenvalue weighted by atomic mass is 10.1. The summed E-state index contributed by atoms with van der Waals surface area (Å²) in [6.07, 6.45) is 2.50. The molecule has 1 unspecified atom stereocenters. The maximum Gasteiger partial charge on any atom is 0.129 e. The Morgan fingerprint density at radius 3 is 2.94 bits per heavy atom. The number of aryl methyl sites for hydroxylation is 1. The fourth-order valence-electron chi connectivity index (χ4n) is 2.33. The summed E-state index contributed by atoms with van der Waals surface area (Å²) in [4.78, 5) is 7.36. The summed E-state index contributed by atoms with van der Waals surface area (Å²) in [5.41, 5.74) is 7.58. The van der Waals surface area contributed by atoms with Crippen LogP contribution in [0.3, 0.4) is 0 Å². The molecular weight excluding hydrogens is 230 g/mol. The molecule has 92 valence electrons. The number of nitrogens with two attached hydrogens (primary N) is 1. The number of anilines is 1. The van der Waals surface area contributed by atoms with E-state index in [0.717, 1.165) is 36.1 Å². The minimum absolute atomic E-state index is 0.447. The van der Waals surface area contributed by atoms with E-state index < -0.39 is 0 Å². The van der Waals surface area contributed by atoms with Crippen LogP contribution in [0.2, 0.25) is 0 Å². The van der Waals surface area contributed by atoms with E-state index in [4.69, 9.17) is 18.0 Å². The lowest BCUT2D eigenvalue weighted by Gasteiger charge is -2.18. The molecule has 1 atom stereocenters. The first-order valence-electron chi connectivity index (χ1n) is 6.13. The largest absolute Gasteiger partial charge is 0.389 e. The summed E-state index contributed by atoms with van der Waals surface area (Å²) in [6.45, 7) is 6.42. The Morgan fingerprint density at radius 1 is 1.59 bits per heavy atom. The highest BCUT2D eigenvalue weighted by Gasteiger charge is 2.22. The zero-order valence-electron chi connectivity index (χ0n) is 10.4. The number of hydrogen-bond acceptors (Lipinski definition) is 3. The molecule has 2 N–H and O–H groups in total. The molecule has 0 bridgehead atoms. The zero-order chi connectivity index (χ0) is 12.4. The fraction of sp³-hybridized carbons (Fsp3) is 0.538. The quantitative estimate of drug-likeness (QED) is 0.834. The summed E-state index contributed by atoms with van der Waals surface area (Å²) >= 11 is 5.03. The second kappa shape index (κ2) is 5.00. The molecule has 4 heteroatoms. The van der Waals surface area contributed by atoms with Crippen molar-refractivity contribution >= 4 is 23.0 Å². The number of aromatic nitrogens is 1. The van der Waals surface area contributed by atoms with Gasteiger partial charge in [-0.3, -0.25) is 0 Å². The first-order valence-corrected chi connectivity index (χ1v) is 6.54. The molecule has 17 heavy (non-hydrogen) atoms. The van der Waals surface area contributed by atoms with Gasteiger partial charge in [0.25, 0.3) is 0 Å². The van der Waals surface area contributed by atoms with Crippen molar-refractivity contribution in [1.82, 2.24) is 4.98 Å². The highest BCUT2D eigenvalue weighted by molar-refractivity contribution is 7.80. The second-order valence-electron chi connectivity index (χ2n) is 4.73. The molecule has 0 radical (unpaired) electrons. The predicted octanol–water partition coefficient (Wildman–Crippen LogP) is 2.26. The standard InChI is InChI=1S/C13H19N3S/c1-3-10-4-5-16(8-10)12-7-11(13(14)17)6-9(2)15-12/h6-7,10H,3-5,8H2,1-2H3,(H2,14,17). The van der Waals surface area contributed by atoms with Crippen LogP contribution in [0.1, 0.15) is 31.0 Å². The van der Waals surface area contributed by atoms with Gasteiger partial charge in [0.15, 0.2) is 0 Å². The third-order valence-corrected chi connectivity index (χ3v) is 3.65. The number of pyridine rings is 1. The molecule has 1 aliphatic rings. The minimum Gasteiger partial charge on any atom is -0.389 e. The van der Waals surface area contributed by atoms with Gasteiger partial charge >= 0.3 is 0 Å². The van der Waals surface area contributed by atoms with E-state index in [2.05, 4.69) is 16.8 Å². The molecule has 0 aliphatic carbocycles. The summed E-state index contributed by atoms with van der Waals surface area (Å²) in [5, 5.41) is 0. The van der Waals surface area contributed by atoms with Crippen molar-refractivity contribution in [3.8, 4) is 0 Å². The smallest absolute Gasteiger partial charge is 0.129 e. The van der Waals surface area contributed by atoms with Crippen LogP contribution in [-0.4, -0.2) is 23.1 Å². The average molecular weight is 249 g/mol. The Hall–Kier alpha value is -1.16. The van der Waals surface area contributed by atoms with Crippen molar-refractivity contribution in [2.24, 2.45) is 11.7 Å². The van der Waals surface area contributed by atoms with E-state index in [-0.39, 0.29) is 0 Å². The molecular formula is C13H19N3S. The Labute approximate surface area is 108 Å². The van der Waals surface area contributed by atoms with Crippen molar-refractivity contribution in [3.05, 3.63) is 23.4 Å². The molecule has 1 aliphatic heterocycles. The molecule has 0 aromatic carbocycles. The first-order chi connectivity index (χ1) is 8.10. The Kier molecular flexibility index (Phi) is 3.62. The maximum absolute atomic E-state index is 5.69. The van der Waals surface area contributed by atoms with Gasteiger partial charge in [-0.2, -0.15) is 0 Å². The van der Waals surface area contributed by atoms with Crippen molar-refractivity contribution in [2.75, 3.05) is 18.0 Å². The van der Waals surface area contributed by atoms with Crippen LogP contribution in [0.25, 0.3) is 0 Å². The lowest BCUT2D eigenvalue weighted by Crippen LogP contribution is -2.22. The average Bonchev–Trinajstić information content (AvgIpc) is 2.76. The highest BCUT2D eigenvalue weighted by atomic mass is 32.1. The van der Waals surface area contributed by atoms with E-state index in [1.807, 2.05) is 19.1 Å². The van der Waals surface area contributed by atoms with Crippen LogP contribution < -0.4 is 10.6 Å². The molecule has 0 amide bonds. The van der Waals surface area contributed by atoms with Gasteiger partial charge in [0.05, 0.1) is 0 Å². The maximum atomic E-state index is 5.69. The first kappa shape index (κ1) is 12.3. The van der Waals surface area contributed by atoms with E-state index in [0.29, 0.717) is 4.99 Å². The Bertz CT molecular complexity index is 431. The van der Waals surface area contributed by atoms with Gasteiger partial charge in [-0.15, -0.1) is 0 Å². The van der Waals surface area contributed by atoms with Gasteiger partial charge in [0.1, 0.15) is 10.8 Å². The van der Waals surface area contributed by atoms with Crippen LogP contribution in [0, 0.1) is 12.8 Å². The van der Waals surface area contributed by atoms with Gasteiger partial charge in [0, 0.05) is 24.3 Å². The van der Waals surface area contributed by atoms with Gasteiger partial charge in [0.2, 0.25) is 0 Å². The molecule has 2 heterocycles. The van der Waals surface area contributed by atoms with Crippen LogP contribution in [-0.2, 0) is 0 Å². The number of rotatable bonds is 3. The molecule has 0 spiro atoms. The zero-order valence-corrected chi connectivity index (χ0v) is 11.3. The molecule has 1 fully saturated rings. The number of nitrogens with zero attached hydrogens (tertiary/aromatic N) is 2. The topological polar surface area (TPSA) is 42.1 Å². The second-order valence-corrected chi connectivity index (χ2v) is 5.17. The summed E-state index contributed by atoms with van der Waals surface area (Å²) in [7, 11) is 0. The predicted molar refractivity (Wildman–Crippen MR) is 75.5 cm³/mol. The van der Waals surface area contributed by atoms with Crippen molar-refractivity contribution < 1.29 is 0 Å². The third kappa shape index (κ3) is 2.75. The molecule has 0 saturated carbocycles. The van der Waals surface area contributed by atoms with Crippen molar-refractivity contribution in [1.29, 1.82) is 0 Å². The van der Waals surface area contributed by atoms with Crippen molar-refractivity contribution in [2.45, 2.75) is 26.7 Å². The van der Waals surface area contributed by atoms with Crippen LogP contribution in [0.5, 0.6) is 0 Å². The lowest BCUT2D eigenvalue weighted by molar-refractivity contribution is 0.568. The van der Waals surface area contributed by atoms with Crippen LogP contribution >= 0.6 is 12.2 Å². The van der Waals surface area contributed by atoms with Gasteiger partial charge in [-0.05, 0) is 31.4 Å². The summed E-state index contributed by atoms with van der Waals surface area (Å²) < 4.78 is 0. The molecule has 3 nitrogen and oxygen atoms in total. The van der Waals surface area contributed by atoms with E-state index in [1.165, 1.54) is 12.8 Å². The van der Waals surface area contributed by atoms with E-state index in [1.54, 1.807) is 0 Å². The molecule has 1 saturated heterocycles. The van der Waals surface area contributed by atoms with E-state index >= 15 is 0 Å². The molecule has 1 aromatic rings. The van der Waals surface area contributed by atoms with Gasteiger partial charge in [-0.25, -0.2) is 4.98 Å². The molecule has 2 rings (SSSR count). The third-order valence-electron chi connectivity index (χ3n) is 3.41. The summed E-state index contributed by atoms with van der Waals surface area (Å²) in [5.74, 6) is 1.81. The SMILES string of the molecule is CCC1CCN(c2cc(C(N)=S)cc(C)n2)C1. The number of hydrogen-bond donors (Lipinski definition) is 1. The molecule has 1 aromatic heterocycles. The van der Waals surface area contributed by atoms with E-state index in [9.17, 15) is 0 Å². The summed E-state index contributed by atoms with van der Waals surface area (Å²) in [6, 6.07) is 3.95. The fourth-order valence-corrected chi connectivity index (χ4v) is 2.45. The Balaban J connectivity index is 2.24. The highest BCUT2D eigenvalue weighted by Crippen LogP contribution is 2.25. The van der Waals surface area contributed by atoms with Crippen LogP contribution in [0.4, 0.5) is 5.82 Å². The Morgan fingerprint density at radius 2 is 2.35 bits per heavy atom. The van der Waals surface area contributed by atoms with Crippen LogP contribution in [0.15, 0.2) is 12.1 Å². The van der Waals surface area contributed by atoms with Gasteiger partial charge in [-0.1, -0.05) is 25.6 Å². The monoisotopic (exact) mass is 249 g/mol. The van der Waals surface area contributed by atoms with Gasteiger partial charge < -0.3 is 10.6 Å². The minimum atomic E-state index is 0.447. The normalized spacial score (nSPS) is 19.6. The number of thiocarbonyl (C=S) groups is 1.